The molecule has 0 bridgehead atoms. The Morgan fingerprint density at radius 2 is 2.00 bits per heavy atom. The summed E-state index contributed by atoms with van der Waals surface area (Å²) in [6.07, 6.45) is 1.89. The van der Waals surface area contributed by atoms with Gasteiger partial charge in [0.05, 0.1) is 19.8 Å². The highest BCUT2D eigenvalue weighted by atomic mass is 16.5. The second-order valence-electron chi connectivity index (χ2n) is 8.11. The Balaban J connectivity index is 1.80. The van der Waals surface area contributed by atoms with Gasteiger partial charge in [0.25, 0.3) is 0 Å². The molecule has 8 heteroatoms. The van der Waals surface area contributed by atoms with Crippen LogP contribution >= 0.6 is 0 Å². The van der Waals surface area contributed by atoms with Gasteiger partial charge in [-0.3, -0.25) is 14.9 Å². The molecule has 0 aromatic carbocycles. The Morgan fingerprint density at radius 1 is 1.31 bits per heavy atom. The first kappa shape index (κ1) is 20.7. The van der Waals surface area contributed by atoms with Crippen LogP contribution in [0.4, 0.5) is 10.6 Å². The quantitative estimate of drug-likeness (QED) is 0.750. The molecule has 26 heavy (non-hydrogen) atoms. The molecule has 0 unspecified atom stereocenters. The highest BCUT2D eigenvalue weighted by Crippen LogP contribution is 2.19. The second kappa shape index (κ2) is 9.34. The summed E-state index contributed by atoms with van der Waals surface area (Å²) in [6.45, 7) is 11.2. The highest BCUT2D eigenvalue weighted by molar-refractivity contribution is 5.88. The number of amides is 2. The summed E-state index contributed by atoms with van der Waals surface area (Å²) in [6, 6.07) is 1.71. The number of urea groups is 1. The molecule has 1 saturated heterocycles. The van der Waals surface area contributed by atoms with E-state index in [0.717, 1.165) is 45.9 Å². The van der Waals surface area contributed by atoms with Gasteiger partial charge >= 0.3 is 6.03 Å². The van der Waals surface area contributed by atoms with Crippen molar-refractivity contribution in [2.45, 2.75) is 20.4 Å². The smallest absolute Gasteiger partial charge is 0.322 e. The van der Waals surface area contributed by atoms with Gasteiger partial charge in [0.2, 0.25) is 0 Å². The van der Waals surface area contributed by atoms with Gasteiger partial charge in [-0.1, -0.05) is 13.8 Å². The number of ether oxygens (including phenoxy) is 1. The third-order valence-corrected chi connectivity index (χ3v) is 4.42. The van der Waals surface area contributed by atoms with Crippen molar-refractivity contribution in [1.29, 1.82) is 0 Å². The zero-order valence-electron chi connectivity index (χ0n) is 16.9. The number of carbonyl (C=O) groups excluding carboxylic acids is 1. The van der Waals surface area contributed by atoms with Crippen molar-refractivity contribution in [3.05, 3.63) is 12.3 Å². The van der Waals surface area contributed by atoms with Crippen LogP contribution in [0, 0.1) is 5.41 Å². The molecule has 1 aromatic rings. The maximum Gasteiger partial charge on any atom is 0.322 e. The first-order chi connectivity index (χ1) is 12.2. The van der Waals surface area contributed by atoms with Gasteiger partial charge in [-0.05, 0) is 19.5 Å². The fourth-order valence-corrected chi connectivity index (χ4v) is 3.19. The Hall–Kier alpha value is -1.64. The number of anilines is 1. The molecule has 2 amide bonds. The van der Waals surface area contributed by atoms with Crippen LogP contribution in [0.25, 0.3) is 0 Å². The van der Waals surface area contributed by atoms with Crippen LogP contribution in [0.15, 0.2) is 12.3 Å². The molecule has 1 fully saturated rings. The minimum Gasteiger partial charge on any atom is -0.379 e. The molecule has 0 aliphatic carbocycles. The maximum atomic E-state index is 12.5. The van der Waals surface area contributed by atoms with Crippen molar-refractivity contribution in [3.63, 3.8) is 0 Å². The van der Waals surface area contributed by atoms with Crippen molar-refractivity contribution in [2.75, 3.05) is 72.4 Å². The van der Waals surface area contributed by atoms with E-state index < -0.39 is 0 Å². The van der Waals surface area contributed by atoms with Gasteiger partial charge in [0, 0.05) is 52.0 Å². The Bertz CT molecular complexity index is 566. The number of hydrogen-bond donors (Lipinski definition) is 1. The summed E-state index contributed by atoms with van der Waals surface area (Å²) in [5.74, 6) is 0.589. The molecule has 1 aliphatic heterocycles. The lowest BCUT2D eigenvalue weighted by molar-refractivity contribution is 0.0182. The van der Waals surface area contributed by atoms with Gasteiger partial charge in [0.15, 0.2) is 5.82 Å². The summed E-state index contributed by atoms with van der Waals surface area (Å²) in [4.78, 5) is 18.7. The highest BCUT2D eigenvalue weighted by Gasteiger charge is 2.26. The lowest BCUT2D eigenvalue weighted by Crippen LogP contribution is -2.47. The fraction of sp³-hybridized carbons (Fsp3) is 0.778. The predicted molar refractivity (Wildman–Crippen MR) is 103 cm³/mol. The van der Waals surface area contributed by atoms with Crippen LogP contribution in [0.5, 0.6) is 0 Å². The fourth-order valence-electron chi connectivity index (χ4n) is 3.19. The number of likely N-dealkylation sites (N-methyl/N-ethyl adjacent to an activating group) is 1. The average Bonchev–Trinajstić information content (AvgIpc) is 3.00. The standard InChI is InChI=1S/C18H34N6O2/c1-18(2,15-23-10-12-26-13-11-23)14-22(5)17(25)19-16-6-7-24(20-16)9-8-21(3)4/h6-7H,8-15H2,1-5H3,(H,19,20,25). The van der Waals surface area contributed by atoms with Crippen LogP contribution in [-0.4, -0.2) is 97.6 Å². The third kappa shape index (κ3) is 6.93. The minimum atomic E-state index is -0.127. The monoisotopic (exact) mass is 366 g/mol. The molecule has 2 rings (SSSR count). The van der Waals surface area contributed by atoms with Crippen molar-refractivity contribution < 1.29 is 9.53 Å². The van der Waals surface area contributed by atoms with Gasteiger partial charge in [-0.2, -0.15) is 5.10 Å². The van der Waals surface area contributed by atoms with E-state index in [4.69, 9.17) is 4.74 Å². The van der Waals surface area contributed by atoms with Crippen LogP contribution in [0.2, 0.25) is 0 Å². The van der Waals surface area contributed by atoms with Crippen LogP contribution in [0.1, 0.15) is 13.8 Å². The first-order valence-corrected chi connectivity index (χ1v) is 9.26. The van der Waals surface area contributed by atoms with E-state index in [-0.39, 0.29) is 11.4 Å². The van der Waals surface area contributed by atoms with E-state index in [1.165, 1.54) is 0 Å². The summed E-state index contributed by atoms with van der Waals surface area (Å²) >= 11 is 0. The molecule has 0 radical (unpaired) electrons. The van der Waals surface area contributed by atoms with E-state index >= 15 is 0 Å². The predicted octanol–water partition coefficient (Wildman–Crippen LogP) is 1.27. The molecule has 8 nitrogen and oxygen atoms in total. The van der Waals surface area contributed by atoms with E-state index in [0.29, 0.717) is 12.4 Å². The lowest BCUT2D eigenvalue weighted by Gasteiger charge is -2.37. The first-order valence-electron chi connectivity index (χ1n) is 9.26. The SMILES string of the molecule is CN(C)CCn1ccc(NC(=O)N(C)CC(C)(C)CN2CCOCC2)n1. The van der Waals surface area contributed by atoms with Crippen molar-refractivity contribution in [3.8, 4) is 0 Å². The number of carbonyl (C=O) groups is 1. The molecule has 0 saturated carbocycles. The number of rotatable bonds is 8. The van der Waals surface area contributed by atoms with Crippen LogP contribution in [0.3, 0.4) is 0 Å². The van der Waals surface area contributed by atoms with Gasteiger partial charge in [-0.25, -0.2) is 4.79 Å². The van der Waals surface area contributed by atoms with Gasteiger partial charge < -0.3 is 14.5 Å². The summed E-state index contributed by atoms with van der Waals surface area (Å²) < 4.78 is 7.25. The molecule has 1 aromatic heterocycles. The Kier molecular flexibility index (Phi) is 7.43. The number of nitrogens with zero attached hydrogens (tertiary/aromatic N) is 5. The van der Waals surface area contributed by atoms with Crippen LogP contribution in [-0.2, 0) is 11.3 Å². The summed E-state index contributed by atoms with van der Waals surface area (Å²) in [5, 5.41) is 7.29. The Morgan fingerprint density at radius 3 is 2.65 bits per heavy atom. The number of morpholine rings is 1. The molecule has 0 atom stereocenters. The molecule has 0 spiro atoms. The zero-order chi connectivity index (χ0) is 19.2. The van der Waals surface area contributed by atoms with E-state index in [9.17, 15) is 4.79 Å². The molecular weight excluding hydrogens is 332 g/mol. The summed E-state index contributed by atoms with van der Waals surface area (Å²) in [5.41, 5.74) is 0.00843. The Labute approximate surface area is 157 Å². The molecular formula is C18H34N6O2. The second-order valence-corrected chi connectivity index (χ2v) is 8.11. The largest absolute Gasteiger partial charge is 0.379 e. The maximum absolute atomic E-state index is 12.5. The normalized spacial score (nSPS) is 16.1. The lowest BCUT2D eigenvalue weighted by atomic mass is 9.92. The number of aromatic nitrogens is 2. The van der Waals surface area contributed by atoms with Crippen molar-refractivity contribution in [1.82, 2.24) is 24.5 Å². The van der Waals surface area contributed by atoms with Gasteiger partial charge in [-0.15, -0.1) is 0 Å². The van der Waals surface area contributed by atoms with Crippen molar-refractivity contribution in [2.24, 2.45) is 5.41 Å². The van der Waals surface area contributed by atoms with Crippen LogP contribution < -0.4 is 5.32 Å². The average molecular weight is 367 g/mol. The molecule has 2 heterocycles. The summed E-state index contributed by atoms with van der Waals surface area (Å²) in [7, 11) is 5.89. The van der Waals surface area contributed by atoms with Gasteiger partial charge in [0.1, 0.15) is 0 Å². The number of hydrogen-bond acceptors (Lipinski definition) is 5. The van der Waals surface area contributed by atoms with E-state index in [2.05, 4.69) is 34.1 Å². The van der Waals surface area contributed by atoms with Crippen molar-refractivity contribution >= 4 is 11.8 Å². The number of nitrogens with one attached hydrogen (secondary N) is 1. The van der Waals surface area contributed by atoms with E-state index in [1.807, 2.05) is 38.1 Å². The molecule has 148 valence electrons. The van der Waals surface area contributed by atoms with E-state index in [1.54, 1.807) is 4.90 Å². The topological polar surface area (TPSA) is 65.9 Å². The molecule has 1 aliphatic rings. The zero-order valence-corrected chi connectivity index (χ0v) is 16.9. The third-order valence-electron chi connectivity index (χ3n) is 4.42. The minimum absolute atomic E-state index is 0.00843. The molecule has 1 N–H and O–H groups in total.